The van der Waals surface area contributed by atoms with Crippen LogP contribution in [0.3, 0.4) is 0 Å². The van der Waals surface area contributed by atoms with Gasteiger partial charge in [0.15, 0.2) is 6.10 Å². The summed E-state index contributed by atoms with van der Waals surface area (Å²) < 4.78 is 16.6. The molecule has 8 heteroatoms. The molecule has 1 aromatic carbocycles. The van der Waals surface area contributed by atoms with Gasteiger partial charge in [0.05, 0.1) is 31.3 Å². The lowest BCUT2D eigenvalue weighted by molar-refractivity contribution is -0.0348. The van der Waals surface area contributed by atoms with Crippen LogP contribution in [0.5, 0.6) is 5.75 Å². The fraction of sp³-hybridized carbons (Fsp3) is 0.429. The van der Waals surface area contributed by atoms with Gasteiger partial charge in [-0.1, -0.05) is 0 Å². The number of benzene rings is 1. The van der Waals surface area contributed by atoms with E-state index >= 15 is 0 Å². The van der Waals surface area contributed by atoms with E-state index in [1.54, 1.807) is 18.9 Å². The van der Waals surface area contributed by atoms with E-state index in [1.807, 2.05) is 24.3 Å². The number of morpholine rings is 1. The summed E-state index contributed by atoms with van der Waals surface area (Å²) in [5.41, 5.74) is 2.46. The number of aromatic nitrogens is 3. The summed E-state index contributed by atoms with van der Waals surface area (Å²) in [7, 11) is 1.62. The van der Waals surface area contributed by atoms with E-state index < -0.39 is 6.10 Å². The lowest BCUT2D eigenvalue weighted by atomic mass is 10.0. The highest BCUT2D eigenvalue weighted by molar-refractivity contribution is 6.06. The number of hydrogen-bond acceptors (Lipinski definition) is 7. The van der Waals surface area contributed by atoms with Crippen LogP contribution in [0.4, 0.5) is 0 Å². The summed E-state index contributed by atoms with van der Waals surface area (Å²) in [6.45, 7) is 3.03. The molecule has 8 nitrogen and oxygen atoms in total. The molecule has 2 aliphatic rings. The van der Waals surface area contributed by atoms with Gasteiger partial charge in [-0.25, -0.2) is 0 Å². The molecule has 1 saturated heterocycles. The maximum absolute atomic E-state index is 13.5. The highest BCUT2D eigenvalue weighted by Crippen LogP contribution is 2.40. The van der Waals surface area contributed by atoms with Crippen molar-refractivity contribution in [1.82, 2.24) is 20.1 Å². The SMILES string of the molecule is COc1ccc2nc(C3CC3)cc(C(=O)N3CCOC(c4nnc(C)o4)C3)c2c1. The van der Waals surface area contributed by atoms with Crippen molar-refractivity contribution < 1.29 is 18.7 Å². The summed E-state index contributed by atoms with van der Waals surface area (Å²) in [6.07, 6.45) is 1.83. The third-order valence-corrected chi connectivity index (χ3v) is 5.43. The highest BCUT2D eigenvalue weighted by Gasteiger charge is 2.32. The van der Waals surface area contributed by atoms with Gasteiger partial charge in [-0.05, 0) is 37.1 Å². The Labute approximate surface area is 167 Å². The van der Waals surface area contributed by atoms with Crippen molar-refractivity contribution in [2.75, 3.05) is 26.8 Å². The van der Waals surface area contributed by atoms with Gasteiger partial charge in [0.1, 0.15) is 5.75 Å². The smallest absolute Gasteiger partial charge is 0.254 e. The number of rotatable bonds is 4. The summed E-state index contributed by atoms with van der Waals surface area (Å²) >= 11 is 0. The van der Waals surface area contributed by atoms with Gasteiger partial charge in [-0.3, -0.25) is 9.78 Å². The lowest BCUT2D eigenvalue weighted by Crippen LogP contribution is -2.42. The van der Waals surface area contributed by atoms with Crippen molar-refractivity contribution >= 4 is 16.8 Å². The Morgan fingerprint density at radius 2 is 2.10 bits per heavy atom. The van der Waals surface area contributed by atoms with Crippen molar-refractivity contribution in [2.24, 2.45) is 0 Å². The number of carbonyl (C=O) groups excluding carboxylic acids is 1. The summed E-state index contributed by atoms with van der Waals surface area (Å²) in [6, 6.07) is 7.62. The molecule has 150 valence electrons. The minimum atomic E-state index is -0.417. The maximum Gasteiger partial charge on any atom is 0.254 e. The van der Waals surface area contributed by atoms with Crippen molar-refractivity contribution in [2.45, 2.75) is 31.8 Å². The molecule has 3 heterocycles. The third-order valence-electron chi connectivity index (χ3n) is 5.43. The standard InChI is InChI=1S/C21H22N4O4/c1-12-23-24-20(29-12)19-11-25(7-8-28-19)21(26)16-10-18(13-3-4-13)22-17-6-5-14(27-2)9-15(16)17/h5-6,9-10,13,19H,3-4,7-8,11H2,1-2H3. The van der Waals surface area contributed by atoms with Gasteiger partial charge in [0.2, 0.25) is 11.8 Å². The zero-order valence-corrected chi connectivity index (χ0v) is 16.4. The molecule has 2 fully saturated rings. The molecule has 3 aromatic rings. The Balaban J connectivity index is 1.50. The van der Waals surface area contributed by atoms with Crippen molar-refractivity contribution in [1.29, 1.82) is 0 Å². The molecule has 0 bridgehead atoms. The molecule has 0 N–H and O–H groups in total. The van der Waals surface area contributed by atoms with E-state index in [0.717, 1.165) is 29.4 Å². The Hall–Kier alpha value is -3.00. The predicted molar refractivity (Wildman–Crippen MR) is 104 cm³/mol. The molecule has 1 atom stereocenters. The van der Waals surface area contributed by atoms with Crippen LogP contribution in [-0.4, -0.2) is 52.8 Å². The van der Waals surface area contributed by atoms with Gasteiger partial charge >= 0.3 is 0 Å². The lowest BCUT2D eigenvalue weighted by Gasteiger charge is -2.31. The maximum atomic E-state index is 13.5. The molecular weight excluding hydrogens is 372 g/mol. The monoisotopic (exact) mass is 394 g/mol. The third kappa shape index (κ3) is 3.44. The molecule has 2 aromatic heterocycles. The second-order valence-corrected chi connectivity index (χ2v) is 7.52. The van der Waals surface area contributed by atoms with Crippen LogP contribution in [0.25, 0.3) is 10.9 Å². The van der Waals surface area contributed by atoms with E-state index in [2.05, 4.69) is 10.2 Å². The fourth-order valence-electron chi connectivity index (χ4n) is 3.71. The molecule has 1 saturated carbocycles. The van der Waals surface area contributed by atoms with E-state index in [9.17, 15) is 4.79 Å². The number of ether oxygens (including phenoxy) is 2. The first kappa shape index (κ1) is 18.1. The average molecular weight is 394 g/mol. The minimum Gasteiger partial charge on any atom is -0.497 e. The molecule has 29 heavy (non-hydrogen) atoms. The van der Waals surface area contributed by atoms with Crippen LogP contribution in [0.15, 0.2) is 28.7 Å². The number of pyridine rings is 1. The number of methoxy groups -OCH3 is 1. The highest BCUT2D eigenvalue weighted by atomic mass is 16.5. The molecule has 1 aliphatic heterocycles. The van der Waals surface area contributed by atoms with Crippen LogP contribution >= 0.6 is 0 Å². The van der Waals surface area contributed by atoms with E-state index in [4.69, 9.17) is 18.9 Å². The minimum absolute atomic E-state index is 0.0444. The largest absolute Gasteiger partial charge is 0.497 e. The summed E-state index contributed by atoms with van der Waals surface area (Å²) in [4.78, 5) is 20.1. The zero-order valence-electron chi connectivity index (χ0n) is 16.4. The van der Waals surface area contributed by atoms with Gasteiger partial charge < -0.3 is 18.8 Å². The van der Waals surface area contributed by atoms with Crippen LogP contribution in [0.1, 0.15) is 52.7 Å². The first-order valence-corrected chi connectivity index (χ1v) is 9.82. The van der Waals surface area contributed by atoms with E-state index in [-0.39, 0.29) is 5.91 Å². The van der Waals surface area contributed by atoms with Crippen LogP contribution in [-0.2, 0) is 4.74 Å². The van der Waals surface area contributed by atoms with Crippen LogP contribution in [0.2, 0.25) is 0 Å². The average Bonchev–Trinajstić information content (AvgIpc) is 3.52. The zero-order chi connectivity index (χ0) is 20.0. The van der Waals surface area contributed by atoms with Crippen molar-refractivity contribution in [3.05, 3.63) is 47.3 Å². The summed E-state index contributed by atoms with van der Waals surface area (Å²) in [5, 5.41) is 8.71. The fourth-order valence-corrected chi connectivity index (χ4v) is 3.71. The van der Waals surface area contributed by atoms with Crippen LogP contribution < -0.4 is 4.74 Å². The molecule has 0 radical (unpaired) electrons. The van der Waals surface area contributed by atoms with Gasteiger partial charge in [0, 0.05) is 30.5 Å². The molecule has 1 aliphatic carbocycles. The van der Waals surface area contributed by atoms with Gasteiger partial charge in [-0.15, -0.1) is 10.2 Å². The predicted octanol–water partition coefficient (Wildman–Crippen LogP) is 3.03. The molecule has 5 rings (SSSR count). The Bertz CT molecular complexity index is 1080. The number of hydrogen-bond donors (Lipinski definition) is 0. The Kier molecular flexibility index (Phi) is 4.43. The Morgan fingerprint density at radius 3 is 2.83 bits per heavy atom. The number of amides is 1. The molecular formula is C21H22N4O4. The number of fused-ring (bicyclic) bond motifs is 1. The second-order valence-electron chi connectivity index (χ2n) is 7.52. The van der Waals surface area contributed by atoms with Crippen molar-refractivity contribution in [3.63, 3.8) is 0 Å². The normalized spacial score (nSPS) is 19.5. The second kappa shape index (κ2) is 7.11. The number of nitrogens with zero attached hydrogens (tertiary/aromatic N) is 4. The summed E-state index contributed by atoms with van der Waals surface area (Å²) in [5.74, 6) is 1.99. The van der Waals surface area contributed by atoms with Crippen molar-refractivity contribution in [3.8, 4) is 5.75 Å². The first-order valence-electron chi connectivity index (χ1n) is 9.82. The van der Waals surface area contributed by atoms with E-state index in [0.29, 0.717) is 48.7 Å². The van der Waals surface area contributed by atoms with E-state index in [1.165, 1.54) is 0 Å². The molecule has 1 amide bonds. The van der Waals surface area contributed by atoms with Crippen LogP contribution in [0, 0.1) is 6.92 Å². The van der Waals surface area contributed by atoms with Gasteiger partial charge in [-0.2, -0.15) is 0 Å². The molecule has 0 spiro atoms. The Morgan fingerprint density at radius 1 is 1.24 bits per heavy atom. The quantitative estimate of drug-likeness (QED) is 0.672. The number of aryl methyl sites for hydroxylation is 1. The number of carbonyl (C=O) groups is 1. The first-order chi connectivity index (χ1) is 14.1. The van der Waals surface area contributed by atoms with Gasteiger partial charge in [0.25, 0.3) is 5.91 Å². The molecule has 1 unspecified atom stereocenters. The topological polar surface area (TPSA) is 90.6 Å².